The molecule has 5 nitrogen and oxygen atoms in total. The number of rotatable bonds is 7. The van der Waals surface area contributed by atoms with Crippen LogP contribution in [-0.4, -0.2) is 30.4 Å². The van der Waals surface area contributed by atoms with Gasteiger partial charge in [-0.3, -0.25) is 0 Å². The third-order valence-electron chi connectivity index (χ3n) is 2.78. The summed E-state index contributed by atoms with van der Waals surface area (Å²) in [4.78, 5) is 0. The van der Waals surface area contributed by atoms with Crippen molar-refractivity contribution in [2.75, 3.05) is 20.2 Å². The van der Waals surface area contributed by atoms with E-state index in [1.54, 1.807) is 7.11 Å². The molecule has 0 atom stereocenters. The molecule has 0 unspecified atom stereocenters. The number of aromatic nitrogens is 2. The summed E-state index contributed by atoms with van der Waals surface area (Å²) in [5, 5.41) is 11.4. The van der Waals surface area contributed by atoms with Gasteiger partial charge in [0, 0.05) is 12.0 Å². The number of hydrogen-bond acceptors (Lipinski definition) is 5. The van der Waals surface area contributed by atoms with Crippen LogP contribution in [0.4, 0.5) is 0 Å². The first kappa shape index (κ1) is 13.5. The van der Waals surface area contributed by atoms with Crippen molar-refractivity contribution in [1.82, 2.24) is 15.5 Å². The van der Waals surface area contributed by atoms with Crippen LogP contribution < -0.4 is 10.1 Å². The largest absolute Gasteiger partial charge is 0.497 e. The van der Waals surface area contributed by atoms with Gasteiger partial charge < -0.3 is 14.5 Å². The Bertz CT molecular complexity index is 511. The van der Waals surface area contributed by atoms with E-state index >= 15 is 0 Å². The Labute approximate surface area is 113 Å². The molecule has 0 radical (unpaired) electrons. The standard InChI is InChI=1S/C14H19N3O2/c1-3-15-9-5-8-13-16-17-14(19-13)11-6-4-7-12(10-11)18-2/h4,6-7,10,15H,3,5,8-9H2,1-2H3. The average molecular weight is 261 g/mol. The summed E-state index contributed by atoms with van der Waals surface area (Å²) in [6, 6.07) is 7.61. The Morgan fingerprint density at radius 3 is 3.00 bits per heavy atom. The van der Waals surface area contributed by atoms with Gasteiger partial charge in [0.15, 0.2) is 0 Å². The smallest absolute Gasteiger partial charge is 0.247 e. The number of aryl methyl sites for hydroxylation is 1. The van der Waals surface area contributed by atoms with Crippen LogP contribution in [0.1, 0.15) is 19.2 Å². The number of benzene rings is 1. The van der Waals surface area contributed by atoms with E-state index in [0.29, 0.717) is 11.8 Å². The van der Waals surface area contributed by atoms with E-state index in [9.17, 15) is 0 Å². The fourth-order valence-electron chi connectivity index (χ4n) is 1.77. The molecule has 19 heavy (non-hydrogen) atoms. The van der Waals surface area contributed by atoms with Crippen LogP contribution in [-0.2, 0) is 6.42 Å². The minimum Gasteiger partial charge on any atom is -0.497 e. The van der Waals surface area contributed by atoms with Gasteiger partial charge in [-0.2, -0.15) is 0 Å². The molecule has 0 spiro atoms. The summed E-state index contributed by atoms with van der Waals surface area (Å²) < 4.78 is 10.8. The summed E-state index contributed by atoms with van der Waals surface area (Å²) in [5.74, 6) is 2.00. The quantitative estimate of drug-likeness (QED) is 0.775. The minimum absolute atomic E-state index is 0.539. The second-order valence-corrected chi connectivity index (χ2v) is 4.19. The third kappa shape index (κ3) is 3.79. The van der Waals surface area contributed by atoms with Gasteiger partial charge >= 0.3 is 0 Å². The SMILES string of the molecule is CCNCCCc1nnc(-c2cccc(OC)c2)o1. The van der Waals surface area contributed by atoms with E-state index in [2.05, 4.69) is 22.4 Å². The number of nitrogens with one attached hydrogen (secondary N) is 1. The minimum atomic E-state index is 0.539. The van der Waals surface area contributed by atoms with Gasteiger partial charge in [-0.15, -0.1) is 10.2 Å². The molecule has 1 N–H and O–H groups in total. The Balaban J connectivity index is 1.99. The Morgan fingerprint density at radius 1 is 1.32 bits per heavy atom. The van der Waals surface area contributed by atoms with E-state index in [1.807, 2.05) is 24.3 Å². The predicted molar refractivity (Wildman–Crippen MR) is 73.2 cm³/mol. The van der Waals surface area contributed by atoms with Crippen molar-refractivity contribution in [3.8, 4) is 17.2 Å². The summed E-state index contributed by atoms with van der Waals surface area (Å²) >= 11 is 0. The lowest BCUT2D eigenvalue weighted by atomic mass is 10.2. The normalized spacial score (nSPS) is 10.6. The van der Waals surface area contributed by atoms with Crippen LogP contribution in [0.2, 0.25) is 0 Å². The zero-order chi connectivity index (χ0) is 13.5. The van der Waals surface area contributed by atoms with Crippen LogP contribution in [0.25, 0.3) is 11.5 Å². The van der Waals surface area contributed by atoms with Crippen molar-refractivity contribution in [2.45, 2.75) is 19.8 Å². The second kappa shape index (κ2) is 6.89. The van der Waals surface area contributed by atoms with Crippen molar-refractivity contribution < 1.29 is 9.15 Å². The maximum Gasteiger partial charge on any atom is 0.247 e. The van der Waals surface area contributed by atoms with Gasteiger partial charge in [-0.05, 0) is 37.7 Å². The number of hydrogen-bond donors (Lipinski definition) is 1. The highest BCUT2D eigenvalue weighted by Crippen LogP contribution is 2.22. The first-order valence-corrected chi connectivity index (χ1v) is 6.51. The lowest BCUT2D eigenvalue weighted by molar-refractivity contribution is 0.414. The van der Waals surface area contributed by atoms with Crippen molar-refractivity contribution in [3.63, 3.8) is 0 Å². The van der Waals surface area contributed by atoms with Crippen molar-refractivity contribution in [2.24, 2.45) is 0 Å². The van der Waals surface area contributed by atoms with Gasteiger partial charge in [0.25, 0.3) is 0 Å². The van der Waals surface area contributed by atoms with E-state index < -0.39 is 0 Å². The molecule has 1 aromatic carbocycles. The number of ether oxygens (including phenoxy) is 1. The predicted octanol–water partition coefficient (Wildman–Crippen LogP) is 2.29. The van der Waals surface area contributed by atoms with Gasteiger partial charge in [0.2, 0.25) is 11.8 Å². The molecule has 0 aliphatic heterocycles. The fourth-order valence-corrected chi connectivity index (χ4v) is 1.77. The van der Waals surface area contributed by atoms with Gasteiger partial charge in [-0.1, -0.05) is 13.0 Å². The summed E-state index contributed by atoms with van der Waals surface area (Å²) in [6.45, 7) is 4.04. The fraction of sp³-hybridized carbons (Fsp3) is 0.429. The molecule has 2 aromatic rings. The Hall–Kier alpha value is -1.88. The first-order chi connectivity index (χ1) is 9.33. The molecule has 1 aromatic heterocycles. The molecule has 0 aliphatic carbocycles. The summed E-state index contributed by atoms with van der Waals surface area (Å²) in [5.41, 5.74) is 0.879. The summed E-state index contributed by atoms with van der Waals surface area (Å²) in [6.07, 6.45) is 1.79. The van der Waals surface area contributed by atoms with Gasteiger partial charge in [-0.25, -0.2) is 0 Å². The zero-order valence-electron chi connectivity index (χ0n) is 11.3. The van der Waals surface area contributed by atoms with Crippen LogP contribution in [0.5, 0.6) is 5.75 Å². The van der Waals surface area contributed by atoms with E-state index in [0.717, 1.165) is 37.2 Å². The molecule has 0 amide bonds. The first-order valence-electron chi connectivity index (χ1n) is 6.51. The molecule has 0 saturated heterocycles. The maximum atomic E-state index is 5.64. The average Bonchev–Trinajstić information content (AvgIpc) is 2.92. The Morgan fingerprint density at radius 2 is 2.21 bits per heavy atom. The van der Waals surface area contributed by atoms with Crippen LogP contribution >= 0.6 is 0 Å². The molecule has 2 rings (SSSR count). The van der Waals surface area contributed by atoms with Crippen LogP contribution in [0.3, 0.4) is 0 Å². The summed E-state index contributed by atoms with van der Waals surface area (Å²) in [7, 11) is 1.64. The molecule has 1 heterocycles. The maximum absolute atomic E-state index is 5.64. The molecule has 102 valence electrons. The highest BCUT2D eigenvalue weighted by Gasteiger charge is 2.08. The highest BCUT2D eigenvalue weighted by atomic mass is 16.5. The van der Waals surface area contributed by atoms with Crippen LogP contribution in [0.15, 0.2) is 28.7 Å². The van der Waals surface area contributed by atoms with E-state index in [1.165, 1.54) is 0 Å². The number of nitrogens with zero attached hydrogens (tertiary/aromatic N) is 2. The molecular formula is C14H19N3O2. The van der Waals surface area contributed by atoms with Crippen molar-refractivity contribution >= 4 is 0 Å². The van der Waals surface area contributed by atoms with Gasteiger partial charge in [0.05, 0.1) is 7.11 Å². The van der Waals surface area contributed by atoms with E-state index in [4.69, 9.17) is 9.15 Å². The highest BCUT2D eigenvalue weighted by molar-refractivity contribution is 5.55. The molecule has 0 aliphatic rings. The number of methoxy groups -OCH3 is 1. The topological polar surface area (TPSA) is 60.2 Å². The van der Waals surface area contributed by atoms with Crippen molar-refractivity contribution in [1.29, 1.82) is 0 Å². The zero-order valence-corrected chi connectivity index (χ0v) is 11.3. The van der Waals surface area contributed by atoms with Crippen molar-refractivity contribution in [3.05, 3.63) is 30.2 Å². The molecule has 0 fully saturated rings. The molecular weight excluding hydrogens is 242 g/mol. The van der Waals surface area contributed by atoms with Gasteiger partial charge in [0.1, 0.15) is 5.75 Å². The van der Waals surface area contributed by atoms with Crippen LogP contribution in [0, 0.1) is 0 Å². The second-order valence-electron chi connectivity index (χ2n) is 4.19. The molecule has 5 heteroatoms. The molecule has 0 saturated carbocycles. The molecule has 0 bridgehead atoms. The monoisotopic (exact) mass is 261 g/mol. The Kier molecular flexibility index (Phi) is 4.92. The third-order valence-corrected chi connectivity index (χ3v) is 2.78. The lowest BCUT2D eigenvalue weighted by Gasteiger charge is -2.00. The van der Waals surface area contributed by atoms with E-state index in [-0.39, 0.29) is 0 Å². The lowest BCUT2D eigenvalue weighted by Crippen LogP contribution is -2.14.